The zero-order valence-corrected chi connectivity index (χ0v) is 14.3. The van der Waals surface area contributed by atoms with E-state index >= 15 is 0 Å². The molecule has 1 aliphatic carbocycles. The van der Waals surface area contributed by atoms with Crippen LogP contribution in [-0.2, 0) is 11.2 Å². The average Bonchev–Trinajstić information content (AvgIpc) is 3.40. The number of piperidine rings is 1. The predicted molar refractivity (Wildman–Crippen MR) is 94.8 cm³/mol. The van der Waals surface area contributed by atoms with Crippen LogP contribution in [-0.4, -0.2) is 34.0 Å². The minimum absolute atomic E-state index is 0.0813. The van der Waals surface area contributed by atoms with Crippen molar-refractivity contribution in [2.45, 2.75) is 38.0 Å². The largest absolute Gasteiger partial charge is 0.339 e. The molecule has 2 fully saturated rings. The molecular weight excluding hydrogens is 314 g/mol. The fraction of sp³-hybridized carbons (Fsp3) is 0.450. The monoisotopic (exact) mass is 337 g/mol. The van der Waals surface area contributed by atoms with Crippen molar-refractivity contribution in [1.29, 1.82) is 0 Å². The second-order valence-corrected chi connectivity index (χ2v) is 7.06. The number of hydrogen-bond acceptors (Lipinski definition) is 4. The van der Waals surface area contributed by atoms with Crippen molar-refractivity contribution >= 4 is 12.0 Å². The third kappa shape index (κ3) is 4.16. The van der Waals surface area contributed by atoms with Gasteiger partial charge in [0, 0.05) is 31.5 Å². The zero-order valence-electron chi connectivity index (χ0n) is 14.3. The first-order valence-electron chi connectivity index (χ1n) is 9.12. The van der Waals surface area contributed by atoms with E-state index < -0.39 is 0 Å². The summed E-state index contributed by atoms with van der Waals surface area (Å²) in [6.07, 6.45) is 8.82. The summed E-state index contributed by atoms with van der Waals surface area (Å²) < 4.78 is 5.39. The molecule has 1 amide bonds. The minimum Gasteiger partial charge on any atom is -0.339 e. The van der Waals surface area contributed by atoms with Crippen LogP contribution in [0.5, 0.6) is 0 Å². The van der Waals surface area contributed by atoms with E-state index in [2.05, 4.69) is 10.1 Å². The maximum atomic E-state index is 12.5. The molecule has 130 valence electrons. The molecule has 25 heavy (non-hydrogen) atoms. The van der Waals surface area contributed by atoms with E-state index in [1.54, 1.807) is 6.08 Å². The highest BCUT2D eigenvalue weighted by atomic mass is 16.5. The first-order chi connectivity index (χ1) is 12.3. The number of likely N-dealkylation sites (tertiary alicyclic amines) is 1. The van der Waals surface area contributed by atoms with Crippen molar-refractivity contribution in [1.82, 2.24) is 15.0 Å². The zero-order chi connectivity index (χ0) is 17.1. The van der Waals surface area contributed by atoms with Gasteiger partial charge < -0.3 is 9.42 Å². The molecule has 0 bridgehead atoms. The topological polar surface area (TPSA) is 59.2 Å². The highest BCUT2D eigenvalue weighted by Crippen LogP contribution is 2.38. The lowest BCUT2D eigenvalue weighted by atomic mass is 9.94. The second-order valence-electron chi connectivity index (χ2n) is 7.06. The number of carbonyl (C=O) groups is 1. The van der Waals surface area contributed by atoms with Gasteiger partial charge in [0.1, 0.15) is 0 Å². The molecule has 0 N–H and O–H groups in total. The van der Waals surface area contributed by atoms with Crippen molar-refractivity contribution in [2.75, 3.05) is 13.1 Å². The predicted octanol–water partition coefficient (Wildman–Crippen LogP) is 3.44. The molecule has 2 aliphatic rings. The van der Waals surface area contributed by atoms with Gasteiger partial charge in [0.25, 0.3) is 0 Å². The van der Waals surface area contributed by atoms with Gasteiger partial charge in [-0.3, -0.25) is 4.79 Å². The van der Waals surface area contributed by atoms with Crippen LogP contribution < -0.4 is 0 Å². The average molecular weight is 337 g/mol. The smallest absolute Gasteiger partial charge is 0.246 e. The highest BCUT2D eigenvalue weighted by molar-refractivity contribution is 5.91. The van der Waals surface area contributed by atoms with Gasteiger partial charge in [0.15, 0.2) is 5.82 Å². The molecule has 5 nitrogen and oxygen atoms in total. The summed E-state index contributed by atoms with van der Waals surface area (Å²) in [7, 11) is 0. The third-order valence-electron chi connectivity index (χ3n) is 4.94. The van der Waals surface area contributed by atoms with Gasteiger partial charge in [0.05, 0.1) is 0 Å². The number of amides is 1. The number of nitrogens with zero attached hydrogens (tertiary/aromatic N) is 3. The summed E-state index contributed by atoms with van der Waals surface area (Å²) in [4.78, 5) is 18.9. The molecule has 0 radical (unpaired) electrons. The van der Waals surface area contributed by atoms with Crippen molar-refractivity contribution < 1.29 is 9.32 Å². The summed E-state index contributed by atoms with van der Waals surface area (Å²) in [6, 6.07) is 9.91. The molecule has 1 saturated carbocycles. The molecule has 4 rings (SSSR count). The second kappa shape index (κ2) is 7.21. The van der Waals surface area contributed by atoms with Gasteiger partial charge >= 0.3 is 0 Å². The van der Waals surface area contributed by atoms with Crippen molar-refractivity contribution in [3.05, 3.63) is 53.7 Å². The molecule has 2 aromatic rings. The van der Waals surface area contributed by atoms with Gasteiger partial charge in [-0.15, -0.1) is 0 Å². The fourth-order valence-corrected chi connectivity index (χ4v) is 3.37. The van der Waals surface area contributed by atoms with Crippen LogP contribution in [0, 0.1) is 5.92 Å². The van der Waals surface area contributed by atoms with Crippen molar-refractivity contribution in [2.24, 2.45) is 5.92 Å². The number of benzene rings is 1. The van der Waals surface area contributed by atoms with Crippen LogP contribution in [0.25, 0.3) is 6.08 Å². The lowest BCUT2D eigenvalue weighted by Gasteiger charge is -2.31. The summed E-state index contributed by atoms with van der Waals surface area (Å²) in [5.74, 6) is 2.59. The van der Waals surface area contributed by atoms with Crippen LogP contribution in [0.4, 0.5) is 0 Å². The maximum Gasteiger partial charge on any atom is 0.246 e. The lowest BCUT2D eigenvalue weighted by Crippen LogP contribution is -2.39. The summed E-state index contributed by atoms with van der Waals surface area (Å²) >= 11 is 0. The third-order valence-corrected chi connectivity index (χ3v) is 4.94. The summed E-state index contributed by atoms with van der Waals surface area (Å²) in [5.41, 5.74) is 1.04. The molecule has 1 aromatic carbocycles. The Bertz CT molecular complexity index is 749. The molecule has 5 heteroatoms. The van der Waals surface area contributed by atoms with E-state index in [9.17, 15) is 4.79 Å². The molecule has 0 spiro atoms. The van der Waals surface area contributed by atoms with Crippen LogP contribution in [0.15, 0.2) is 40.9 Å². The Balaban J connectivity index is 1.33. The van der Waals surface area contributed by atoms with Crippen molar-refractivity contribution in [3.63, 3.8) is 0 Å². The van der Waals surface area contributed by atoms with Crippen LogP contribution in [0.3, 0.4) is 0 Å². The van der Waals surface area contributed by atoms with Crippen LogP contribution >= 0.6 is 0 Å². The SMILES string of the molecule is O=C(/C=C\c1ccccc1)N1CCCC(Cc2nc(C3CC3)no2)C1. The molecule has 1 aromatic heterocycles. The first kappa shape index (κ1) is 16.1. The quantitative estimate of drug-likeness (QED) is 0.784. The Labute approximate surface area is 147 Å². The van der Waals surface area contributed by atoms with E-state index in [0.717, 1.165) is 49.6 Å². The number of carbonyl (C=O) groups excluding carboxylic acids is 1. The minimum atomic E-state index is 0.0813. The molecule has 1 unspecified atom stereocenters. The highest BCUT2D eigenvalue weighted by Gasteiger charge is 2.30. The van der Waals surface area contributed by atoms with Crippen molar-refractivity contribution in [3.8, 4) is 0 Å². The standard InChI is InChI=1S/C20H23N3O2/c24-19(11-8-15-5-2-1-3-6-15)23-12-4-7-16(14-23)13-18-21-20(22-25-18)17-9-10-17/h1-3,5-6,8,11,16-17H,4,7,9-10,12-14H2/b11-8-. The molecule has 1 atom stereocenters. The van der Waals surface area contributed by atoms with Gasteiger partial charge in [-0.05, 0) is 43.2 Å². The summed E-state index contributed by atoms with van der Waals surface area (Å²) in [5, 5.41) is 4.08. The van der Waals surface area contributed by atoms with Gasteiger partial charge in [0.2, 0.25) is 11.8 Å². The number of rotatable bonds is 5. The Morgan fingerprint density at radius 3 is 2.88 bits per heavy atom. The van der Waals surface area contributed by atoms with E-state index in [0.29, 0.717) is 11.8 Å². The van der Waals surface area contributed by atoms with Gasteiger partial charge in [-0.25, -0.2) is 0 Å². The normalized spacial score (nSPS) is 21.0. The molecule has 2 heterocycles. The van der Waals surface area contributed by atoms with Gasteiger partial charge in [-0.1, -0.05) is 35.5 Å². The molecule has 1 saturated heterocycles. The first-order valence-corrected chi connectivity index (χ1v) is 9.12. The number of aromatic nitrogens is 2. The van der Waals surface area contributed by atoms with Crippen LogP contribution in [0.2, 0.25) is 0 Å². The Morgan fingerprint density at radius 1 is 1.24 bits per heavy atom. The van der Waals surface area contributed by atoms with E-state index in [-0.39, 0.29) is 5.91 Å². The lowest BCUT2D eigenvalue weighted by molar-refractivity contribution is -0.127. The Hall–Kier alpha value is -2.43. The van der Waals surface area contributed by atoms with Crippen LogP contribution in [0.1, 0.15) is 48.9 Å². The Kier molecular flexibility index (Phi) is 4.63. The van der Waals surface area contributed by atoms with Gasteiger partial charge in [-0.2, -0.15) is 4.98 Å². The Morgan fingerprint density at radius 2 is 2.08 bits per heavy atom. The van der Waals surface area contributed by atoms with E-state index in [1.165, 1.54) is 12.8 Å². The summed E-state index contributed by atoms with van der Waals surface area (Å²) in [6.45, 7) is 1.59. The molecular formula is C20H23N3O2. The van der Waals surface area contributed by atoms with E-state index in [1.807, 2.05) is 41.3 Å². The molecule has 1 aliphatic heterocycles. The number of hydrogen-bond donors (Lipinski definition) is 0. The maximum absolute atomic E-state index is 12.5. The van der Waals surface area contributed by atoms with E-state index in [4.69, 9.17) is 4.52 Å². The fourth-order valence-electron chi connectivity index (χ4n) is 3.37.